The standard InChI is InChI=1S/C27H22Cl2N2O4/c1-34-26-13-17(5-11-24(26)32)3-7-19-15-20(8-4-18-6-12-25(33)27(14-18)35-2)31(30-19)21-9-10-22(28)23(29)16-21/h3-16,32-33H,1-2H3/b7-3+,8-4+. The van der Waals surface area contributed by atoms with Crippen LogP contribution in [0.25, 0.3) is 30.0 Å². The Kier molecular flexibility index (Phi) is 7.34. The van der Waals surface area contributed by atoms with Gasteiger partial charge in [-0.05, 0) is 71.8 Å². The van der Waals surface area contributed by atoms with Gasteiger partial charge >= 0.3 is 0 Å². The van der Waals surface area contributed by atoms with Crippen LogP contribution in [0.2, 0.25) is 10.0 Å². The molecule has 2 N–H and O–H groups in total. The average molecular weight is 509 g/mol. The summed E-state index contributed by atoms with van der Waals surface area (Å²) in [5, 5.41) is 25.3. The van der Waals surface area contributed by atoms with Crippen LogP contribution in [-0.4, -0.2) is 34.2 Å². The topological polar surface area (TPSA) is 76.7 Å². The summed E-state index contributed by atoms with van der Waals surface area (Å²) in [5.41, 5.74) is 3.92. The number of ether oxygens (including phenoxy) is 2. The first-order valence-electron chi connectivity index (χ1n) is 10.5. The predicted octanol–water partition coefficient (Wildman–Crippen LogP) is 6.95. The molecule has 4 rings (SSSR count). The van der Waals surface area contributed by atoms with Crippen LogP contribution in [0.15, 0.2) is 60.7 Å². The normalized spacial score (nSPS) is 11.4. The molecule has 0 radical (unpaired) electrons. The average Bonchev–Trinajstić information content (AvgIpc) is 3.27. The summed E-state index contributed by atoms with van der Waals surface area (Å²) in [7, 11) is 3.01. The number of hydrogen-bond acceptors (Lipinski definition) is 5. The molecule has 1 aromatic heterocycles. The van der Waals surface area contributed by atoms with Crippen LogP contribution < -0.4 is 9.47 Å². The molecule has 0 aliphatic heterocycles. The summed E-state index contributed by atoms with van der Waals surface area (Å²) >= 11 is 12.4. The first-order chi connectivity index (χ1) is 16.9. The van der Waals surface area contributed by atoms with E-state index in [0.29, 0.717) is 27.2 Å². The maximum Gasteiger partial charge on any atom is 0.161 e. The molecule has 0 aliphatic carbocycles. The molecular weight excluding hydrogens is 487 g/mol. The lowest BCUT2D eigenvalue weighted by molar-refractivity contribution is 0.373. The Morgan fingerprint density at radius 1 is 0.714 bits per heavy atom. The molecule has 6 nitrogen and oxygen atoms in total. The van der Waals surface area contributed by atoms with E-state index >= 15 is 0 Å². The number of phenolic OH excluding ortho intramolecular Hbond substituents is 2. The minimum Gasteiger partial charge on any atom is -0.504 e. The van der Waals surface area contributed by atoms with Gasteiger partial charge in [0.05, 0.1) is 41.3 Å². The zero-order valence-electron chi connectivity index (χ0n) is 18.9. The molecule has 1 heterocycles. The maximum absolute atomic E-state index is 9.85. The van der Waals surface area contributed by atoms with E-state index in [4.69, 9.17) is 37.8 Å². The quantitative estimate of drug-likeness (QED) is 0.282. The predicted molar refractivity (Wildman–Crippen MR) is 141 cm³/mol. The molecule has 0 fully saturated rings. The number of nitrogens with zero attached hydrogens (tertiary/aromatic N) is 2. The van der Waals surface area contributed by atoms with Crippen molar-refractivity contribution in [2.24, 2.45) is 0 Å². The van der Waals surface area contributed by atoms with Gasteiger partial charge in [-0.3, -0.25) is 0 Å². The Balaban J connectivity index is 1.72. The van der Waals surface area contributed by atoms with E-state index in [0.717, 1.165) is 22.5 Å². The highest BCUT2D eigenvalue weighted by atomic mass is 35.5. The van der Waals surface area contributed by atoms with Crippen LogP contribution in [0, 0.1) is 0 Å². The summed E-state index contributed by atoms with van der Waals surface area (Å²) in [6, 6.07) is 17.4. The first kappa shape index (κ1) is 24.3. The van der Waals surface area contributed by atoms with E-state index in [1.807, 2.05) is 36.4 Å². The van der Waals surface area contributed by atoms with Crippen LogP contribution in [0.3, 0.4) is 0 Å². The van der Waals surface area contributed by atoms with Gasteiger partial charge < -0.3 is 19.7 Å². The molecule has 0 saturated carbocycles. The molecule has 0 spiro atoms. The highest BCUT2D eigenvalue weighted by Crippen LogP contribution is 2.29. The number of rotatable bonds is 7. The highest BCUT2D eigenvalue weighted by Gasteiger charge is 2.09. The summed E-state index contributed by atoms with van der Waals surface area (Å²) < 4.78 is 12.1. The zero-order chi connectivity index (χ0) is 24.9. The van der Waals surface area contributed by atoms with Gasteiger partial charge in [-0.25, -0.2) is 4.68 Å². The SMILES string of the molecule is COc1cc(/C=C/c2cc(/C=C/c3ccc(O)c(OC)c3)n(-c3ccc(Cl)c(Cl)c3)n2)ccc1O. The molecule has 0 unspecified atom stereocenters. The van der Waals surface area contributed by atoms with Crippen molar-refractivity contribution in [3.05, 3.63) is 93.2 Å². The van der Waals surface area contributed by atoms with Gasteiger partial charge in [0.1, 0.15) is 0 Å². The third-order valence-electron chi connectivity index (χ3n) is 5.20. The van der Waals surface area contributed by atoms with E-state index in [-0.39, 0.29) is 11.5 Å². The number of aromatic nitrogens is 2. The van der Waals surface area contributed by atoms with Crippen molar-refractivity contribution in [1.82, 2.24) is 9.78 Å². The van der Waals surface area contributed by atoms with Crippen molar-refractivity contribution < 1.29 is 19.7 Å². The molecule has 178 valence electrons. The van der Waals surface area contributed by atoms with E-state index < -0.39 is 0 Å². The second-order valence-electron chi connectivity index (χ2n) is 7.53. The summed E-state index contributed by atoms with van der Waals surface area (Å²) in [6.07, 6.45) is 7.54. The first-order valence-corrected chi connectivity index (χ1v) is 11.3. The van der Waals surface area contributed by atoms with Gasteiger partial charge in [0.2, 0.25) is 0 Å². The number of hydrogen-bond donors (Lipinski definition) is 2. The van der Waals surface area contributed by atoms with E-state index in [9.17, 15) is 10.2 Å². The number of halogens is 2. The second kappa shape index (κ2) is 10.6. The zero-order valence-corrected chi connectivity index (χ0v) is 20.5. The third kappa shape index (κ3) is 5.62. The van der Waals surface area contributed by atoms with Crippen molar-refractivity contribution >= 4 is 47.5 Å². The van der Waals surface area contributed by atoms with Crippen molar-refractivity contribution in [2.75, 3.05) is 14.2 Å². The fourth-order valence-electron chi connectivity index (χ4n) is 3.40. The molecule has 0 aliphatic rings. The lowest BCUT2D eigenvalue weighted by Gasteiger charge is -2.06. The fraction of sp³-hybridized carbons (Fsp3) is 0.0741. The van der Waals surface area contributed by atoms with Gasteiger partial charge in [0, 0.05) is 0 Å². The molecule has 35 heavy (non-hydrogen) atoms. The monoisotopic (exact) mass is 508 g/mol. The Hall–Kier alpha value is -3.87. The van der Waals surface area contributed by atoms with Gasteiger partial charge in [-0.15, -0.1) is 0 Å². The Labute approximate surface area is 212 Å². The van der Waals surface area contributed by atoms with Crippen LogP contribution >= 0.6 is 23.2 Å². The largest absolute Gasteiger partial charge is 0.504 e. The van der Waals surface area contributed by atoms with E-state index in [1.165, 1.54) is 14.2 Å². The van der Waals surface area contributed by atoms with Crippen molar-refractivity contribution in [3.63, 3.8) is 0 Å². The van der Waals surface area contributed by atoms with Crippen LogP contribution in [0.1, 0.15) is 22.5 Å². The van der Waals surface area contributed by atoms with E-state index in [2.05, 4.69) is 0 Å². The van der Waals surface area contributed by atoms with Gasteiger partial charge in [-0.1, -0.05) is 47.5 Å². The van der Waals surface area contributed by atoms with Crippen LogP contribution in [-0.2, 0) is 0 Å². The molecular formula is C27H22Cl2N2O4. The van der Waals surface area contributed by atoms with Crippen molar-refractivity contribution in [1.29, 1.82) is 0 Å². The van der Waals surface area contributed by atoms with Gasteiger partial charge in [0.15, 0.2) is 23.0 Å². The molecule has 0 amide bonds. The summed E-state index contributed by atoms with van der Waals surface area (Å²) in [5.74, 6) is 0.926. The Morgan fingerprint density at radius 3 is 1.89 bits per heavy atom. The molecule has 0 atom stereocenters. The molecule has 3 aromatic carbocycles. The molecule has 0 bridgehead atoms. The Morgan fingerprint density at radius 2 is 1.31 bits per heavy atom. The summed E-state index contributed by atoms with van der Waals surface area (Å²) in [4.78, 5) is 0. The number of methoxy groups -OCH3 is 2. The van der Waals surface area contributed by atoms with Crippen molar-refractivity contribution in [3.8, 4) is 28.7 Å². The van der Waals surface area contributed by atoms with Crippen LogP contribution in [0.4, 0.5) is 0 Å². The lowest BCUT2D eigenvalue weighted by atomic mass is 10.1. The van der Waals surface area contributed by atoms with Crippen LogP contribution in [0.5, 0.6) is 23.0 Å². The maximum atomic E-state index is 9.85. The third-order valence-corrected chi connectivity index (χ3v) is 5.94. The molecule has 4 aromatic rings. The number of benzene rings is 3. The minimum absolute atomic E-state index is 0.0729. The lowest BCUT2D eigenvalue weighted by Crippen LogP contribution is -1.99. The smallest absolute Gasteiger partial charge is 0.161 e. The number of aromatic hydroxyl groups is 2. The molecule has 0 saturated heterocycles. The highest BCUT2D eigenvalue weighted by molar-refractivity contribution is 6.42. The molecule has 8 heteroatoms. The fourth-order valence-corrected chi connectivity index (χ4v) is 3.69. The Bertz CT molecular complexity index is 1430. The number of phenols is 2. The van der Waals surface area contributed by atoms with E-state index in [1.54, 1.807) is 53.2 Å². The summed E-state index contributed by atoms with van der Waals surface area (Å²) in [6.45, 7) is 0. The second-order valence-corrected chi connectivity index (χ2v) is 8.35. The van der Waals surface area contributed by atoms with Gasteiger partial charge in [0.25, 0.3) is 0 Å². The minimum atomic E-state index is 0.0729. The van der Waals surface area contributed by atoms with Gasteiger partial charge in [-0.2, -0.15) is 5.10 Å². The van der Waals surface area contributed by atoms with Crippen molar-refractivity contribution in [2.45, 2.75) is 0 Å².